The molecule has 228 valence electrons. The molecule has 1 heteroatoms. The van der Waals surface area contributed by atoms with Gasteiger partial charge in [-0.15, -0.1) is 0 Å². The molecular formula is C44H46O. The standard InChI is InChI=1S/C44H46O/c1-8-9-10-13-24-45-37-22-17-30(18-23-37)16-19-31-14-11-12-15-38(31)39-28-34-27-35(43(2,3)4)25-32-20-21-33-26-36(44(5,6)7)29-40(39)42(33)41(32)34/h11-12,14-15,17-18,20-23,25-29H,8-10,13,24H2,1-7H3. The van der Waals surface area contributed by atoms with Crippen LogP contribution >= 0.6 is 0 Å². The van der Waals surface area contributed by atoms with Gasteiger partial charge in [0.05, 0.1) is 6.61 Å². The maximum absolute atomic E-state index is 5.96. The molecule has 45 heavy (non-hydrogen) atoms. The van der Waals surface area contributed by atoms with Crippen LogP contribution in [0.5, 0.6) is 5.75 Å². The van der Waals surface area contributed by atoms with E-state index in [-0.39, 0.29) is 10.8 Å². The lowest BCUT2D eigenvalue weighted by atomic mass is 9.79. The number of rotatable bonds is 7. The fourth-order valence-electron chi connectivity index (χ4n) is 6.33. The Hall–Kier alpha value is -4.28. The smallest absolute Gasteiger partial charge is 0.119 e. The van der Waals surface area contributed by atoms with E-state index in [1.165, 1.54) is 73.8 Å². The summed E-state index contributed by atoms with van der Waals surface area (Å²) in [5.41, 5.74) is 7.24. The number of hydrogen-bond acceptors (Lipinski definition) is 1. The Balaban J connectivity index is 1.47. The lowest BCUT2D eigenvalue weighted by molar-refractivity contribution is 0.305. The van der Waals surface area contributed by atoms with Gasteiger partial charge in [0.2, 0.25) is 0 Å². The molecule has 0 saturated heterocycles. The fourth-order valence-corrected chi connectivity index (χ4v) is 6.33. The first-order chi connectivity index (χ1) is 21.5. The lowest BCUT2D eigenvalue weighted by Crippen LogP contribution is -2.12. The second-order valence-electron chi connectivity index (χ2n) is 14.6. The van der Waals surface area contributed by atoms with Crippen molar-refractivity contribution in [3.8, 4) is 28.7 Å². The Kier molecular flexibility index (Phi) is 8.37. The molecule has 0 spiro atoms. The molecule has 0 atom stereocenters. The van der Waals surface area contributed by atoms with E-state index in [1.54, 1.807) is 0 Å². The van der Waals surface area contributed by atoms with Crippen LogP contribution < -0.4 is 4.74 Å². The number of benzene rings is 6. The zero-order chi connectivity index (χ0) is 31.8. The minimum atomic E-state index is 0.0336. The van der Waals surface area contributed by atoms with Crippen LogP contribution in [0.2, 0.25) is 0 Å². The molecule has 0 aliphatic carbocycles. The van der Waals surface area contributed by atoms with Crippen molar-refractivity contribution < 1.29 is 4.74 Å². The molecule has 0 fully saturated rings. The van der Waals surface area contributed by atoms with Gasteiger partial charge < -0.3 is 4.74 Å². The lowest BCUT2D eigenvalue weighted by Gasteiger charge is -2.25. The van der Waals surface area contributed by atoms with Crippen molar-refractivity contribution in [1.29, 1.82) is 0 Å². The number of ether oxygens (including phenoxy) is 1. The summed E-state index contributed by atoms with van der Waals surface area (Å²) in [5.74, 6) is 7.90. The molecule has 0 unspecified atom stereocenters. The Morgan fingerprint density at radius 2 is 1.22 bits per heavy atom. The molecular weight excluding hydrogens is 544 g/mol. The molecule has 0 aliphatic rings. The Bertz CT molecular complexity index is 2020. The van der Waals surface area contributed by atoms with E-state index in [0.717, 1.165) is 29.9 Å². The summed E-state index contributed by atoms with van der Waals surface area (Å²) < 4.78 is 5.96. The molecule has 0 aliphatic heterocycles. The van der Waals surface area contributed by atoms with Gasteiger partial charge in [0.1, 0.15) is 5.75 Å². The quantitative estimate of drug-likeness (QED) is 0.102. The maximum atomic E-state index is 5.96. The van der Waals surface area contributed by atoms with E-state index in [0.29, 0.717) is 0 Å². The molecule has 0 heterocycles. The maximum Gasteiger partial charge on any atom is 0.119 e. The predicted molar refractivity (Wildman–Crippen MR) is 195 cm³/mol. The van der Waals surface area contributed by atoms with Gasteiger partial charge in [-0.1, -0.05) is 128 Å². The average Bonchev–Trinajstić information content (AvgIpc) is 3.02. The third-order valence-corrected chi connectivity index (χ3v) is 9.06. The van der Waals surface area contributed by atoms with Crippen LogP contribution in [0.25, 0.3) is 43.4 Å². The van der Waals surface area contributed by atoms with Crippen molar-refractivity contribution in [1.82, 2.24) is 0 Å². The van der Waals surface area contributed by atoms with Crippen LogP contribution in [0, 0.1) is 11.8 Å². The highest BCUT2D eigenvalue weighted by Gasteiger charge is 2.22. The van der Waals surface area contributed by atoms with E-state index in [9.17, 15) is 0 Å². The van der Waals surface area contributed by atoms with Crippen LogP contribution in [-0.4, -0.2) is 6.61 Å². The summed E-state index contributed by atoms with van der Waals surface area (Å²) in [6.07, 6.45) is 4.83. The molecule has 6 aromatic carbocycles. The molecule has 0 amide bonds. The fraction of sp³-hybridized carbons (Fsp3) is 0.318. The van der Waals surface area contributed by atoms with Crippen molar-refractivity contribution in [2.45, 2.75) is 85.0 Å². The third-order valence-electron chi connectivity index (χ3n) is 9.06. The van der Waals surface area contributed by atoms with Gasteiger partial charge in [0, 0.05) is 11.1 Å². The summed E-state index contributed by atoms with van der Waals surface area (Å²) in [4.78, 5) is 0. The number of hydrogen-bond donors (Lipinski definition) is 0. The molecule has 0 aromatic heterocycles. The van der Waals surface area contributed by atoms with Crippen molar-refractivity contribution in [2.75, 3.05) is 6.61 Å². The summed E-state index contributed by atoms with van der Waals surface area (Å²) in [7, 11) is 0. The van der Waals surface area contributed by atoms with Crippen molar-refractivity contribution in [2.24, 2.45) is 0 Å². The minimum absolute atomic E-state index is 0.0336. The summed E-state index contributed by atoms with van der Waals surface area (Å²) >= 11 is 0. The van der Waals surface area contributed by atoms with Gasteiger partial charge in [-0.05, 0) is 114 Å². The van der Waals surface area contributed by atoms with Crippen molar-refractivity contribution in [3.63, 3.8) is 0 Å². The van der Waals surface area contributed by atoms with E-state index in [1.807, 2.05) is 12.1 Å². The minimum Gasteiger partial charge on any atom is -0.494 e. The van der Waals surface area contributed by atoms with Crippen LogP contribution in [-0.2, 0) is 10.8 Å². The van der Waals surface area contributed by atoms with E-state index in [2.05, 4.69) is 139 Å². The van der Waals surface area contributed by atoms with Crippen LogP contribution in [0.3, 0.4) is 0 Å². The average molecular weight is 591 g/mol. The second-order valence-corrected chi connectivity index (χ2v) is 14.6. The highest BCUT2D eigenvalue weighted by molar-refractivity contribution is 6.26. The van der Waals surface area contributed by atoms with Crippen LogP contribution in [0.15, 0.2) is 91.0 Å². The third kappa shape index (κ3) is 6.43. The SMILES string of the molecule is CCCCCCOc1ccc(C#Cc2ccccc2-c2cc3cc(C(C)(C)C)cc4ccc5cc(C(C)(C)C)cc2c5c43)cc1. The molecule has 0 saturated carbocycles. The van der Waals surface area contributed by atoms with Crippen LogP contribution in [0.1, 0.15) is 96.4 Å². The zero-order valence-corrected chi connectivity index (χ0v) is 28.1. The Morgan fingerprint density at radius 3 is 1.91 bits per heavy atom. The van der Waals surface area contributed by atoms with Gasteiger partial charge >= 0.3 is 0 Å². The van der Waals surface area contributed by atoms with Crippen molar-refractivity contribution in [3.05, 3.63) is 113 Å². The summed E-state index contributed by atoms with van der Waals surface area (Å²) in [6.45, 7) is 16.8. The first kappa shape index (κ1) is 30.7. The summed E-state index contributed by atoms with van der Waals surface area (Å²) in [5, 5.41) is 7.91. The zero-order valence-electron chi connectivity index (χ0n) is 28.1. The topological polar surface area (TPSA) is 9.23 Å². The van der Waals surface area contributed by atoms with Gasteiger partial charge in [0.15, 0.2) is 0 Å². The largest absolute Gasteiger partial charge is 0.494 e. The Labute approximate surface area is 270 Å². The van der Waals surface area contributed by atoms with E-state index < -0.39 is 0 Å². The first-order valence-corrected chi connectivity index (χ1v) is 16.6. The molecule has 0 N–H and O–H groups in total. The number of unbranched alkanes of at least 4 members (excludes halogenated alkanes) is 3. The highest BCUT2D eigenvalue weighted by atomic mass is 16.5. The van der Waals surface area contributed by atoms with Gasteiger partial charge in [-0.25, -0.2) is 0 Å². The normalized spacial score (nSPS) is 12.2. The van der Waals surface area contributed by atoms with Crippen LogP contribution in [0.4, 0.5) is 0 Å². The molecule has 6 aromatic rings. The molecule has 0 radical (unpaired) electrons. The Morgan fingerprint density at radius 1 is 0.578 bits per heavy atom. The summed E-state index contributed by atoms with van der Waals surface area (Å²) in [6, 6.07) is 33.5. The second kappa shape index (κ2) is 12.3. The van der Waals surface area contributed by atoms with E-state index >= 15 is 0 Å². The molecule has 6 rings (SSSR count). The molecule has 1 nitrogen and oxygen atoms in total. The molecule has 0 bridgehead atoms. The predicted octanol–water partition coefficient (Wildman–Crippen LogP) is 12.2. The monoisotopic (exact) mass is 590 g/mol. The van der Waals surface area contributed by atoms with Gasteiger partial charge in [-0.2, -0.15) is 0 Å². The van der Waals surface area contributed by atoms with Crippen molar-refractivity contribution >= 4 is 32.3 Å². The van der Waals surface area contributed by atoms with Gasteiger partial charge in [-0.3, -0.25) is 0 Å². The highest BCUT2D eigenvalue weighted by Crippen LogP contribution is 2.44. The first-order valence-electron chi connectivity index (χ1n) is 16.6. The van der Waals surface area contributed by atoms with E-state index in [4.69, 9.17) is 4.74 Å². The van der Waals surface area contributed by atoms with Gasteiger partial charge in [0.25, 0.3) is 0 Å².